The lowest BCUT2D eigenvalue weighted by molar-refractivity contribution is 0.0593. The molecule has 1 aromatic rings. The van der Waals surface area contributed by atoms with E-state index in [-0.39, 0.29) is 11.4 Å². The number of halogens is 1. The van der Waals surface area contributed by atoms with Crippen molar-refractivity contribution < 1.29 is 19.0 Å². The van der Waals surface area contributed by atoms with Crippen LogP contribution in [0.3, 0.4) is 0 Å². The molecule has 1 N–H and O–H groups in total. The van der Waals surface area contributed by atoms with Crippen molar-refractivity contribution in [1.29, 1.82) is 0 Å². The minimum Gasteiger partial charge on any atom is -0.464 e. The molecule has 6 heteroatoms. The average molecular weight is 202 g/mol. The Labute approximate surface area is 80.1 Å². The van der Waals surface area contributed by atoms with Crippen LogP contribution in [0.15, 0.2) is 6.07 Å². The van der Waals surface area contributed by atoms with Crippen LogP contribution in [0.25, 0.3) is 0 Å². The van der Waals surface area contributed by atoms with Crippen molar-refractivity contribution in [2.45, 2.75) is 6.10 Å². The van der Waals surface area contributed by atoms with Crippen LogP contribution in [-0.4, -0.2) is 34.6 Å². The van der Waals surface area contributed by atoms with Gasteiger partial charge in [-0.15, -0.1) is 0 Å². The third-order valence-corrected chi connectivity index (χ3v) is 1.80. The Morgan fingerprint density at radius 2 is 2.50 bits per heavy atom. The number of aliphatic hydroxyl groups excluding tert-OH is 1. The van der Waals surface area contributed by atoms with Crippen molar-refractivity contribution in [1.82, 2.24) is 9.78 Å². The molecular weight excluding hydrogens is 191 g/mol. The first-order valence-electron chi connectivity index (χ1n) is 3.96. The number of carbonyl (C=O) groups excluding carboxylic acids is 1. The standard InChI is InChI=1S/C8H11FN2O3/c1-11-6(7(12)4-9)3-5(10-11)8(13)14-2/h3,7,12H,4H2,1-2H3. The lowest BCUT2D eigenvalue weighted by Crippen LogP contribution is -2.06. The number of aryl methyl sites for hydroxylation is 1. The molecule has 0 fully saturated rings. The van der Waals surface area contributed by atoms with Crippen LogP contribution >= 0.6 is 0 Å². The summed E-state index contributed by atoms with van der Waals surface area (Å²) in [5.74, 6) is -0.613. The molecule has 1 atom stereocenters. The summed E-state index contributed by atoms with van der Waals surface area (Å²) in [5.41, 5.74) is 0.297. The quantitative estimate of drug-likeness (QED) is 0.711. The maximum Gasteiger partial charge on any atom is 0.358 e. The van der Waals surface area contributed by atoms with Crippen molar-refractivity contribution in [3.05, 3.63) is 17.5 Å². The fraction of sp³-hybridized carbons (Fsp3) is 0.500. The summed E-state index contributed by atoms with van der Waals surface area (Å²) in [5, 5.41) is 13.0. The summed E-state index contributed by atoms with van der Waals surface area (Å²) in [4.78, 5) is 11.0. The molecule has 78 valence electrons. The zero-order valence-corrected chi connectivity index (χ0v) is 7.90. The topological polar surface area (TPSA) is 64.3 Å². The van der Waals surface area contributed by atoms with Gasteiger partial charge in [0.15, 0.2) is 5.69 Å². The number of ether oxygens (including phenoxy) is 1. The smallest absolute Gasteiger partial charge is 0.358 e. The lowest BCUT2D eigenvalue weighted by Gasteiger charge is -2.04. The number of hydrogen-bond acceptors (Lipinski definition) is 4. The molecule has 0 aliphatic carbocycles. The SMILES string of the molecule is COC(=O)c1cc(C(O)CF)n(C)n1. The maximum absolute atomic E-state index is 12.1. The van der Waals surface area contributed by atoms with E-state index in [0.29, 0.717) is 0 Å². The number of esters is 1. The van der Waals surface area contributed by atoms with Crippen LogP contribution in [0.4, 0.5) is 4.39 Å². The van der Waals surface area contributed by atoms with Crippen LogP contribution < -0.4 is 0 Å². The number of aliphatic hydroxyl groups is 1. The zero-order chi connectivity index (χ0) is 10.7. The second-order valence-electron chi connectivity index (χ2n) is 2.74. The second-order valence-corrected chi connectivity index (χ2v) is 2.74. The van der Waals surface area contributed by atoms with Crippen molar-refractivity contribution in [2.75, 3.05) is 13.8 Å². The van der Waals surface area contributed by atoms with Gasteiger partial charge in [0, 0.05) is 7.05 Å². The number of methoxy groups -OCH3 is 1. The summed E-state index contributed by atoms with van der Waals surface area (Å²) < 4.78 is 17.8. The van der Waals surface area contributed by atoms with Crippen LogP contribution in [0.5, 0.6) is 0 Å². The normalized spacial score (nSPS) is 12.6. The van der Waals surface area contributed by atoms with Gasteiger partial charge < -0.3 is 9.84 Å². The average Bonchev–Trinajstić information content (AvgIpc) is 2.58. The molecule has 14 heavy (non-hydrogen) atoms. The van der Waals surface area contributed by atoms with Gasteiger partial charge in [-0.2, -0.15) is 5.10 Å². The summed E-state index contributed by atoms with van der Waals surface area (Å²) in [6.07, 6.45) is -1.26. The fourth-order valence-electron chi connectivity index (χ4n) is 1.08. The van der Waals surface area contributed by atoms with Crippen LogP contribution in [-0.2, 0) is 11.8 Å². The molecule has 0 aromatic carbocycles. The molecule has 0 saturated heterocycles. The van der Waals surface area contributed by atoms with Crippen molar-refractivity contribution in [3.8, 4) is 0 Å². The van der Waals surface area contributed by atoms with E-state index in [1.165, 1.54) is 24.9 Å². The van der Waals surface area contributed by atoms with E-state index in [1.54, 1.807) is 0 Å². The van der Waals surface area contributed by atoms with Gasteiger partial charge in [0.25, 0.3) is 0 Å². The number of hydrogen-bond donors (Lipinski definition) is 1. The molecule has 0 bridgehead atoms. The highest BCUT2D eigenvalue weighted by Gasteiger charge is 2.17. The molecule has 0 radical (unpaired) electrons. The molecular formula is C8H11FN2O3. The first-order chi connectivity index (χ1) is 6.60. The molecule has 0 aliphatic rings. The first-order valence-corrected chi connectivity index (χ1v) is 3.96. The van der Waals surface area contributed by atoms with Crippen molar-refractivity contribution in [2.24, 2.45) is 7.05 Å². The molecule has 1 heterocycles. The molecule has 5 nitrogen and oxygen atoms in total. The van der Waals surface area contributed by atoms with Crippen molar-refractivity contribution in [3.63, 3.8) is 0 Å². The van der Waals surface area contributed by atoms with Gasteiger partial charge in [-0.05, 0) is 6.07 Å². The largest absolute Gasteiger partial charge is 0.464 e. The highest BCUT2D eigenvalue weighted by atomic mass is 19.1. The van der Waals surface area contributed by atoms with Crippen LogP contribution in [0.2, 0.25) is 0 Å². The Morgan fingerprint density at radius 1 is 1.86 bits per heavy atom. The second kappa shape index (κ2) is 4.19. The number of carbonyl (C=O) groups is 1. The number of rotatable bonds is 3. The van der Waals surface area contributed by atoms with E-state index < -0.39 is 18.7 Å². The molecule has 0 aliphatic heterocycles. The highest BCUT2D eigenvalue weighted by molar-refractivity contribution is 5.87. The van der Waals surface area contributed by atoms with E-state index in [1.807, 2.05) is 0 Å². The third kappa shape index (κ3) is 1.90. The van der Waals surface area contributed by atoms with E-state index in [9.17, 15) is 14.3 Å². The summed E-state index contributed by atoms with van der Waals surface area (Å²) in [6, 6.07) is 1.30. The minimum atomic E-state index is -1.26. The predicted octanol–water partition coefficient (Wildman–Crippen LogP) is 0.210. The number of alkyl halides is 1. The van der Waals surface area contributed by atoms with Crippen LogP contribution in [0, 0.1) is 0 Å². The zero-order valence-electron chi connectivity index (χ0n) is 7.90. The molecule has 0 spiro atoms. The van der Waals surface area contributed by atoms with Gasteiger partial charge in [-0.3, -0.25) is 4.68 Å². The van der Waals surface area contributed by atoms with Gasteiger partial charge in [0.2, 0.25) is 0 Å². The fourth-order valence-corrected chi connectivity index (χ4v) is 1.08. The summed E-state index contributed by atoms with van der Waals surface area (Å²) in [7, 11) is 2.74. The molecule has 0 amide bonds. The summed E-state index contributed by atoms with van der Waals surface area (Å²) >= 11 is 0. The first kappa shape index (κ1) is 10.6. The monoisotopic (exact) mass is 202 g/mol. The summed E-state index contributed by atoms with van der Waals surface area (Å²) in [6.45, 7) is -0.917. The van der Waals surface area contributed by atoms with Crippen molar-refractivity contribution >= 4 is 5.97 Å². The Kier molecular flexibility index (Phi) is 3.19. The van der Waals surface area contributed by atoms with Gasteiger partial charge >= 0.3 is 5.97 Å². The van der Waals surface area contributed by atoms with Gasteiger partial charge in [0.05, 0.1) is 12.8 Å². The van der Waals surface area contributed by atoms with E-state index in [2.05, 4.69) is 9.84 Å². The maximum atomic E-state index is 12.1. The molecule has 0 saturated carbocycles. The molecule has 1 unspecified atom stereocenters. The Hall–Kier alpha value is -1.43. The van der Waals surface area contributed by atoms with Gasteiger partial charge in [0.1, 0.15) is 12.8 Å². The minimum absolute atomic E-state index is 0.0532. The van der Waals surface area contributed by atoms with Gasteiger partial charge in [-0.25, -0.2) is 9.18 Å². The van der Waals surface area contributed by atoms with E-state index in [4.69, 9.17) is 0 Å². The predicted molar refractivity (Wildman–Crippen MR) is 45.5 cm³/mol. The number of aromatic nitrogens is 2. The van der Waals surface area contributed by atoms with E-state index in [0.717, 1.165) is 0 Å². The third-order valence-electron chi connectivity index (χ3n) is 1.80. The molecule has 1 aromatic heterocycles. The van der Waals surface area contributed by atoms with Gasteiger partial charge in [-0.1, -0.05) is 0 Å². The Balaban J connectivity index is 2.98. The molecule has 1 rings (SSSR count). The Morgan fingerprint density at radius 3 is 3.00 bits per heavy atom. The van der Waals surface area contributed by atoms with E-state index >= 15 is 0 Å². The van der Waals surface area contributed by atoms with Crippen LogP contribution in [0.1, 0.15) is 22.3 Å². The Bertz CT molecular complexity index is 337. The number of nitrogens with zero attached hydrogens (tertiary/aromatic N) is 2. The highest BCUT2D eigenvalue weighted by Crippen LogP contribution is 2.14. The lowest BCUT2D eigenvalue weighted by atomic mass is 10.2.